The van der Waals surface area contributed by atoms with Gasteiger partial charge in [-0.1, -0.05) is 135 Å². The Morgan fingerprint density at radius 2 is 0.830 bits per heavy atom. The van der Waals surface area contributed by atoms with Crippen molar-refractivity contribution in [1.82, 2.24) is 0 Å². The number of aryl methyl sites for hydroxylation is 2. The van der Waals surface area contributed by atoms with E-state index in [0.29, 0.717) is 0 Å². The second-order valence-electron chi connectivity index (χ2n) is 13.8. The monoisotopic (exact) mass is 600 g/mol. The molecule has 0 fully saturated rings. The van der Waals surface area contributed by atoms with Gasteiger partial charge in [-0.25, -0.2) is 0 Å². The molecule has 0 spiro atoms. The molecule has 1 aliphatic carbocycles. The van der Waals surface area contributed by atoms with Crippen LogP contribution in [0.5, 0.6) is 0 Å². The Bertz CT molecular complexity index is 2500. The van der Waals surface area contributed by atoms with Gasteiger partial charge < -0.3 is 0 Å². The third kappa shape index (κ3) is 4.14. The van der Waals surface area contributed by atoms with E-state index in [9.17, 15) is 0 Å². The Morgan fingerprint density at radius 1 is 0.362 bits per heavy atom. The zero-order valence-corrected chi connectivity index (χ0v) is 27.4. The van der Waals surface area contributed by atoms with Crippen LogP contribution < -0.4 is 0 Å². The lowest BCUT2D eigenvalue weighted by Crippen LogP contribution is -2.14. The lowest BCUT2D eigenvalue weighted by Gasteiger charge is -2.22. The molecule has 0 heterocycles. The smallest absolute Gasteiger partial charge is 0.0159 e. The average Bonchev–Trinajstić information content (AvgIpc) is 3.31. The first-order chi connectivity index (χ1) is 22.9. The largest absolute Gasteiger partial charge is 0.0620 e. The Labute approximate surface area is 277 Å². The molecule has 0 aliphatic heterocycles. The van der Waals surface area contributed by atoms with Crippen LogP contribution in [0.25, 0.3) is 76.8 Å². The molecule has 1 aliphatic rings. The fourth-order valence-electron chi connectivity index (χ4n) is 8.29. The van der Waals surface area contributed by atoms with Crippen LogP contribution in [0.15, 0.2) is 146 Å². The normalized spacial score (nSPS) is 13.3. The summed E-state index contributed by atoms with van der Waals surface area (Å²) in [5, 5.41) is 7.75. The second-order valence-corrected chi connectivity index (χ2v) is 13.8. The maximum absolute atomic E-state index is 2.47. The van der Waals surface area contributed by atoms with Crippen molar-refractivity contribution in [2.75, 3.05) is 0 Å². The van der Waals surface area contributed by atoms with Crippen molar-refractivity contribution in [3.8, 4) is 44.5 Å². The number of fused-ring (bicyclic) bond motifs is 6. The number of hydrogen-bond donors (Lipinski definition) is 0. The number of rotatable bonds is 3. The highest BCUT2D eigenvalue weighted by Gasteiger charge is 2.36. The first-order valence-electron chi connectivity index (χ1n) is 16.7. The van der Waals surface area contributed by atoms with E-state index in [1.807, 2.05) is 0 Å². The standard InChI is InChI=1S/C47H36/c1-29-13-5-8-16-35(29)40-26-33(22-21-30(40)2)45-36-17-9-11-19-38(36)46(39-20-12-10-18-37(39)45)34-23-24-43-41(27-34)42-25-31-14-6-7-15-32(31)28-44(42)47(43,3)4/h5-28H,1-4H3. The van der Waals surface area contributed by atoms with Crippen LogP contribution >= 0.6 is 0 Å². The summed E-state index contributed by atoms with van der Waals surface area (Å²) in [5.74, 6) is 0. The lowest BCUT2D eigenvalue weighted by molar-refractivity contribution is 0.661. The van der Waals surface area contributed by atoms with Gasteiger partial charge in [-0.2, -0.15) is 0 Å². The molecule has 224 valence electrons. The molecule has 0 aromatic heterocycles. The molecule has 0 saturated heterocycles. The van der Waals surface area contributed by atoms with Gasteiger partial charge in [0.2, 0.25) is 0 Å². The summed E-state index contributed by atoms with van der Waals surface area (Å²) < 4.78 is 0. The van der Waals surface area contributed by atoms with Crippen molar-refractivity contribution < 1.29 is 0 Å². The van der Waals surface area contributed by atoms with Crippen molar-refractivity contribution in [3.05, 3.63) is 168 Å². The summed E-state index contributed by atoms with van der Waals surface area (Å²) in [6.45, 7) is 9.18. The van der Waals surface area contributed by atoms with Crippen LogP contribution in [0.1, 0.15) is 36.1 Å². The van der Waals surface area contributed by atoms with Gasteiger partial charge in [0.25, 0.3) is 0 Å². The molecule has 9 rings (SSSR count). The van der Waals surface area contributed by atoms with Crippen LogP contribution in [-0.2, 0) is 5.41 Å². The van der Waals surface area contributed by atoms with Gasteiger partial charge >= 0.3 is 0 Å². The first kappa shape index (κ1) is 27.8. The van der Waals surface area contributed by atoms with Crippen molar-refractivity contribution in [2.45, 2.75) is 33.1 Å². The minimum atomic E-state index is -0.0541. The molecule has 0 unspecified atom stereocenters. The van der Waals surface area contributed by atoms with Gasteiger partial charge in [0.05, 0.1) is 0 Å². The lowest BCUT2D eigenvalue weighted by atomic mass is 9.81. The topological polar surface area (TPSA) is 0 Å². The molecule has 0 amide bonds. The van der Waals surface area contributed by atoms with Crippen LogP contribution in [-0.4, -0.2) is 0 Å². The predicted octanol–water partition coefficient (Wildman–Crippen LogP) is 13.1. The maximum Gasteiger partial charge on any atom is 0.0159 e. The highest BCUT2D eigenvalue weighted by molar-refractivity contribution is 6.21. The second kappa shape index (κ2) is 10.3. The van der Waals surface area contributed by atoms with E-state index >= 15 is 0 Å². The van der Waals surface area contributed by atoms with E-state index in [0.717, 1.165) is 0 Å². The van der Waals surface area contributed by atoms with Crippen molar-refractivity contribution in [3.63, 3.8) is 0 Å². The van der Waals surface area contributed by atoms with Gasteiger partial charge in [-0.15, -0.1) is 0 Å². The molecule has 0 nitrogen and oxygen atoms in total. The van der Waals surface area contributed by atoms with E-state index in [1.165, 1.54) is 99.1 Å². The van der Waals surface area contributed by atoms with Gasteiger partial charge in [-0.05, 0) is 137 Å². The Hall–Kier alpha value is -5.46. The van der Waals surface area contributed by atoms with Gasteiger partial charge in [0, 0.05) is 5.41 Å². The molecule has 0 heteroatoms. The number of hydrogen-bond acceptors (Lipinski definition) is 0. The first-order valence-corrected chi connectivity index (χ1v) is 16.7. The summed E-state index contributed by atoms with van der Waals surface area (Å²) in [4.78, 5) is 0. The van der Waals surface area contributed by atoms with E-state index in [1.54, 1.807) is 0 Å². The van der Waals surface area contributed by atoms with Gasteiger partial charge in [0.1, 0.15) is 0 Å². The zero-order chi connectivity index (χ0) is 31.9. The minimum absolute atomic E-state index is 0.0541. The SMILES string of the molecule is Cc1ccccc1-c1cc(-c2c3ccccc3c(-c3ccc4c(c3)-c3cc5ccccc5cc3C4(C)C)c3ccccc23)ccc1C. The minimum Gasteiger partial charge on any atom is -0.0620 e. The maximum atomic E-state index is 2.47. The molecule has 0 atom stereocenters. The Morgan fingerprint density at radius 3 is 1.45 bits per heavy atom. The molecular weight excluding hydrogens is 565 g/mol. The molecule has 8 aromatic rings. The quantitative estimate of drug-likeness (QED) is 0.177. The van der Waals surface area contributed by atoms with E-state index in [2.05, 4.69) is 173 Å². The molecule has 47 heavy (non-hydrogen) atoms. The van der Waals surface area contributed by atoms with E-state index in [4.69, 9.17) is 0 Å². The molecule has 0 N–H and O–H groups in total. The van der Waals surface area contributed by atoms with Gasteiger partial charge in [0.15, 0.2) is 0 Å². The van der Waals surface area contributed by atoms with Crippen LogP contribution in [0.3, 0.4) is 0 Å². The highest BCUT2D eigenvalue weighted by Crippen LogP contribution is 2.52. The van der Waals surface area contributed by atoms with E-state index < -0.39 is 0 Å². The summed E-state index contributed by atoms with van der Waals surface area (Å²) in [7, 11) is 0. The van der Waals surface area contributed by atoms with Crippen LogP contribution in [0.2, 0.25) is 0 Å². The molecule has 8 aromatic carbocycles. The summed E-state index contributed by atoms with van der Waals surface area (Å²) in [6.07, 6.45) is 0. The van der Waals surface area contributed by atoms with Crippen LogP contribution in [0.4, 0.5) is 0 Å². The summed E-state index contributed by atoms with van der Waals surface area (Å²) in [6, 6.07) is 54.5. The van der Waals surface area contributed by atoms with Gasteiger partial charge in [-0.3, -0.25) is 0 Å². The molecule has 0 bridgehead atoms. The van der Waals surface area contributed by atoms with Crippen molar-refractivity contribution in [2.24, 2.45) is 0 Å². The molecule has 0 radical (unpaired) electrons. The van der Waals surface area contributed by atoms with Crippen LogP contribution in [0, 0.1) is 13.8 Å². The third-order valence-electron chi connectivity index (χ3n) is 10.7. The predicted molar refractivity (Wildman–Crippen MR) is 202 cm³/mol. The molecular formula is C47H36. The zero-order valence-electron chi connectivity index (χ0n) is 27.4. The summed E-state index contributed by atoms with van der Waals surface area (Å²) >= 11 is 0. The third-order valence-corrected chi connectivity index (χ3v) is 10.7. The Balaban J connectivity index is 1.31. The average molecular weight is 601 g/mol. The highest BCUT2D eigenvalue weighted by atomic mass is 14.4. The van der Waals surface area contributed by atoms with Crippen molar-refractivity contribution in [1.29, 1.82) is 0 Å². The fourth-order valence-corrected chi connectivity index (χ4v) is 8.29. The van der Waals surface area contributed by atoms with E-state index in [-0.39, 0.29) is 5.41 Å². The van der Waals surface area contributed by atoms with Crippen molar-refractivity contribution >= 4 is 32.3 Å². The Kier molecular flexibility index (Phi) is 6.08. The number of benzene rings is 8. The fraction of sp³-hybridized carbons (Fsp3) is 0.106. The molecule has 0 saturated carbocycles. The summed E-state index contributed by atoms with van der Waals surface area (Å²) in [5.41, 5.74) is 15.8.